The average molecular weight is 406 g/mol. The Labute approximate surface area is 171 Å². The van der Waals surface area contributed by atoms with Crippen molar-refractivity contribution < 1.29 is 9.59 Å². The number of aromatic nitrogens is 2. The monoisotopic (exact) mass is 405 g/mol. The number of rotatable bonds is 5. The van der Waals surface area contributed by atoms with E-state index in [9.17, 15) is 9.59 Å². The van der Waals surface area contributed by atoms with Gasteiger partial charge in [0.2, 0.25) is 5.91 Å². The number of nitrogens with two attached hydrogens (primary N) is 1. The predicted molar refractivity (Wildman–Crippen MR) is 110 cm³/mol. The molecular weight excluding hydrogens is 378 g/mol. The second-order valence-electron chi connectivity index (χ2n) is 7.42. The van der Waals surface area contributed by atoms with Crippen LogP contribution in [0.5, 0.6) is 0 Å². The molecule has 0 saturated carbocycles. The highest BCUT2D eigenvalue weighted by atomic mass is 35.5. The molecular formula is C20H28ClN5O2. The SMILES string of the molecule is Cl.Cn1cc(C(=O)NCC2CCN(C(=O)C(C)(N)c3ccccc3)CC2)cn1. The van der Waals surface area contributed by atoms with Crippen LogP contribution in [0.25, 0.3) is 0 Å². The summed E-state index contributed by atoms with van der Waals surface area (Å²) in [6, 6.07) is 9.47. The van der Waals surface area contributed by atoms with Gasteiger partial charge in [0.15, 0.2) is 0 Å². The van der Waals surface area contributed by atoms with Gasteiger partial charge in [0.1, 0.15) is 5.54 Å². The second-order valence-corrected chi connectivity index (χ2v) is 7.42. The van der Waals surface area contributed by atoms with Gasteiger partial charge >= 0.3 is 0 Å². The number of nitrogens with zero attached hydrogens (tertiary/aromatic N) is 3. The Morgan fingerprint density at radius 2 is 1.89 bits per heavy atom. The molecule has 28 heavy (non-hydrogen) atoms. The van der Waals surface area contributed by atoms with Crippen LogP contribution in [0.15, 0.2) is 42.7 Å². The first-order valence-corrected chi connectivity index (χ1v) is 9.28. The minimum atomic E-state index is -1.03. The third-order valence-electron chi connectivity index (χ3n) is 5.24. The van der Waals surface area contributed by atoms with Gasteiger partial charge in [-0.2, -0.15) is 5.10 Å². The summed E-state index contributed by atoms with van der Waals surface area (Å²) in [5.41, 5.74) is 6.71. The highest BCUT2D eigenvalue weighted by Crippen LogP contribution is 2.24. The molecule has 8 heteroatoms. The van der Waals surface area contributed by atoms with Gasteiger partial charge in [-0.1, -0.05) is 30.3 Å². The van der Waals surface area contributed by atoms with Crippen LogP contribution < -0.4 is 11.1 Å². The Kier molecular flexibility index (Phi) is 7.21. The number of carbonyl (C=O) groups excluding carboxylic acids is 2. The Hall–Kier alpha value is -2.38. The largest absolute Gasteiger partial charge is 0.352 e. The first kappa shape index (κ1) is 21.9. The van der Waals surface area contributed by atoms with Gasteiger partial charge < -0.3 is 16.0 Å². The highest BCUT2D eigenvalue weighted by Gasteiger charge is 2.36. The molecule has 1 aliphatic rings. The summed E-state index contributed by atoms with van der Waals surface area (Å²) in [6.07, 6.45) is 4.96. The maximum atomic E-state index is 12.9. The number of aryl methyl sites for hydroxylation is 1. The number of halogens is 1. The Morgan fingerprint density at radius 1 is 1.25 bits per heavy atom. The third kappa shape index (κ3) is 4.91. The number of nitrogens with one attached hydrogen (secondary N) is 1. The molecule has 3 N–H and O–H groups in total. The number of hydrogen-bond acceptors (Lipinski definition) is 4. The Bertz CT molecular complexity index is 798. The molecule has 1 saturated heterocycles. The molecule has 1 unspecified atom stereocenters. The van der Waals surface area contributed by atoms with E-state index in [0.29, 0.717) is 31.1 Å². The maximum absolute atomic E-state index is 12.9. The number of likely N-dealkylation sites (tertiary alicyclic amines) is 1. The summed E-state index contributed by atoms with van der Waals surface area (Å²) in [4.78, 5) is 26.9. The van der Waals surface area contributed by atoms with Crippen LogP contribution in [0.4, 0.5) is 0 Å². The van der Waals surface area contributed by atoms with Crippen molar-refractivity contribution >= 4 is 24.2 Å². The molecule has 0 spiro atoms. The minimum absolute atomic E-state index is 0. The van der Waals surface area contributed by atoms with Gasteiger partial charge in [0, 0.05) is 32.9 Å². The van der Waals surface area contributed by atoms with Crippen LogP contribution in [-0.2, 0) is 17.4 Å². The summed E-state index contributed by atoms with van der Waals surface area (Å²) in [6.45, 7) is 3.69. The molecule has 1 fully saturated rings. The fourth-order valence-corrected chi connectivity index (χ4v) is 3.45. The van der Waals surface area contributed by atoms with Crippen LogP contribution in [-0.4, -0.2) is 46.1 Å². The second kappa shape index (κ2) is 9.21. The van der Waals surface area contributed by atoms with Crippen LogP contribution >= 0.6 is 12.4 Å². The molecule has 1 aromatic heterocycles. The van der Waals surface area contributed by atoms with E-state index in [0.717, 1.165) is 18.4 Å². The summed E-state index contributed by atoms with van der Waals surface area (Å²) in [5.74, 6) is 0.196. The number of benzene rings is 1. The smallest absolute Gasteiger partial charge is 0.254 e. The summed E-state index contributed by atoms with van der Waals surface area (Å²) < 4.78 is 1.61. The Morgan fingerprint density at radius 3 is 2.46 bits per heavy atom. The molecule has 2 aromatic rings. The zero-order valence-corrected chi connectivity index (χ0v) is 17.1. The number of piperidine rings is 1. The predicted octanol–water partition coefficient (Wildman–Crippen LogP) is 1.68. The van der Waals surface area contributed by atoms with E-state index < -0.39 is 5.54 Å². The van der Waals surface area contributed by atoms with E-state index in [1.165, 1.54) is 0 Å². The number of hydrogen-bond donors (Lipinski definition) is 2. The lowest BCUT2D eigenvalue weighted by atomic mass is 9.89. The standard InChI is InChI=1S/C20H27N5O2.ClH/c1-20(21,17-6-4-3-5-7-17)19(27)25-10-8-15(9-11-25)12-22-18(26)16-13-23-24(2)14-16;/h3-7,13-15H,8-12,21H2,1-2H3,(H,22,26);1H. The molecule has 2 amide bonds. The Balaban J connectivity index is 0.00000280. The minimum Gasteiger partial charge on any atom is -0.352 e. The number of amides is 2. The highest BCUT2D eigenvalue weighted by molar-refractivity contribution is 5.93. The molecule has 7 nitrogen and oxygen atoms in total. The molecule has 1 atom stereocenters. The van der Waals surface area contributed by atoms with Crippen molar-refractivity contribution in [3.8, 4) is 0 Å². The fraction of sp³-hybridized carbons (Fsp3) is 0.450. The zero-order valence-electron chi connectivity index (χ0n) is 16.3. The average Bonchev–Trinajstić information content (AvgIpc) is 3.13. The van der Waals surface area contributed by atoms with Crippen molar-refractivity contribution in [1.82, 2.24) is 20.0 Å². The topological polar surface area (TPSA) is 93.2 Å². The van der Waals surface area contributed by atoms with Gasteiger partial charge in [0.25, 0.3) is 5.91 Å². The van der Waals surface area contributed by atoms with Gasteiger partial charge in [0.05, 0.1) is 11.8 Å². The lowest BCUT2D eigenvalue weighted by Crippen LogP contribution is -2.53. The van der Waals surface area contributed by atoms with E-state index in [4.69, 9.17) is 5.73 Å². The summed E-state index contributed by atoms with van der Waals surface area (Å²) in [5, 5.41) is 6.97. The van der Waals surface area contributed by atoms with E-state index in [-0.39, 0.29) is 24.2 Å². The molecule has 0 aliphatic carbocycles. The van der Waals surface area contributed by atoms with Crippen molar-refractivity contribution in [2.45, 2.75) is 25.3 Å². The molecule has 1 aliphatic heterocycles. The number of carbonyl (C=O) groups is 2. The van der Waals surface area contributed by atoms with Crippen LogP contribution in [0.2, 0.25) is 0 Å². The van der Waals surface area contributed by atoms with Gasteiger partial charge in [-0.05, 0) is 31.2 Å². The molecule has 1 aromatic carbocycles. The molecule has 0 radical (unpaired) electrons. The van der Waals surface area contributed by atoms with Gasteiger partial charge in [-0.15, -0.1) is 12.4 Å². The van der Waals surface area contributed by atoms with Crippen molar-refractivity contribution in [1.29, 1.82) is 0 Å². The fourth-order valence-electron chi connectivity index (χ4n) is 3.45. The van der Waals surface area contributed by atoms with Crippen LogP contribution in [0, 0.1) is 5.92 Å². The molecule has 152 valence electrons. The third-order valence-corrected chi connectivity index (χ3v) is 5.24. The maximum Gasteiger partial charge on any atom is 0.254 e. The normalized spacial score (nSPS) is 16.8. The first-order chi connectivity index (χ1) is 12.9. The summed E-state index contributed by atoms with van der Waals surface area (Å²) in [7, 11) is 1.78. The lowest BCUT2D eigenvalue weighted by molar-refractivity contribution is -0.138. The van der Waals surface area contributed by atoms with Crippen molar-refractivity contribution in [2.75, 3.05) is 19.6 Å². The zero-order chi connectivity index (χ0) is 19.4. The van der Waals surface area contributed by atoms with Crippen molar-refractivity contribution in [3.05, 3.63) is 53.9 Å². The molecule has 3 rings (SSSR count). The van der Waals surface area contributed by atoms with E-state index >= 15 is 0 Å². The molecule has 0 bridgehead atoms. The van der Waals surface area contributed by atoms with E-state index in [1.54, 1.807) is 31.0 Å². The molecule has 2 heterocycles. The van der Waals surface area contributed by atoms with Crippen LogP contribution in [0.1, 0.15) is 35.7 Å². The lowest BCUT2D eigenvalue weighted by Gasteiger charge is -2.37. The van der Waals surface area contributed by atoms with Gasteiger partial charge in [-0.3, -0.25) is 14.3 Å². The summed E-state index contributed by atoms with van der Waals surface area (Å²) >= 11 is 0. The van der Waals surface area contributed by atoms with E-state index in [1.807, 2.05) is 35.2 Å². The van der Waals surface area contributed by atoms with Gasteiger partial charge in [-0.25, -0.2) is 0 Å². The van der Waals surface area contributed by atoms with E-state index in [2.05, 4.69) is 10.4 Å². The first-order valence-electron chi connectivity index (χ1n) is 9.28. The van der Waals surface area contributed by atoms with Crippen LogP contribution in [0.3, 0.4) is 0 Å². The van der Waals surface area contributed by atoms with Crippen molar-refractivity contribution in [3.63, 3.8) is 0 Å². The van der Waals surface area contributed by atoms with Crippen molar-refractivity contribution in [2.24, 2.45) is 18.7 Å². The quantitative estimate of drug-likeness (QED) is 0.791.